The van der Waals surface area contributed by atoms with Crippen molar-refractivity contribution in [3.05, 3.63) is 36.0 Å². The first-order valence-corrected chi connectivity index (χ1v) is 8.02. The van der Waals surface area contributed by atoms with Gasteiger partial charge in [0.15, 0.2) is 0 Å². The number of hydrogen-bond acceptors (Lipinski definition) is 4. The van der Waals surface area contributed by atoms with Crippen molar-refractivity contribution in [2.75, 3.05) is 7.11 Å². The summed E-state index contributed by atoms with van der Waals surface area (Å²) in [6.07, 6.45) is 6.16. The number of methoxy groups -OCH3 is 1. The molecule has 22 heavy (non-hydrogen) atoms. The van der Waals surface area contributed by atoms with E-state index in [0.29, 0.717) is 18.4 Å². The van der Waals surface area contributed by atoms with Crippen LogP contribution in [0, 0.1) is 5.92 Å². The van der Waals surface area contributed by atoms with Gasteiger partial charge in [-0.05, 0) is 55.7 Å². The molecule has 0 amide bonds. The Labute approximate surface area is 131 Å². The fourth-order valence-corrected chi connectivity index (χ4v) is 3.40. The van der Waals surface area contributed by atoms with Gasteiger partial charge in [0.2, 0.25) is 0 Å². The highest BCUT2D eigenvalue weighted by atomic mass is 16.5. The molecule has 1 aliphatic carbocycles. The molecule has 0 radical (unpaired) electrons. The molecule has 1 heterocycles. The molecule has 4 nitrogen and oxygen atoms in total. The van der Waals surface area contributed by atoms with Crippen LogP contribution in [0.25, 0.3) is 10.9 Å². The Morgan fingerprint density at radius 2 is 2.09 bits per heavy atom. The molecule has 0 aliphatic heterocycles. The molecule has 3 N–H and O–H groups in total. The van der Waals surface area contributed by atoms with Crippen molar-refractivity contribution in [1.82, 2.24) is 4.98 Å². The van der Waals surface area contributed by atoms with Gasteiger partial charge in [0.05, 0.1) is 24.9 Å². The van der Waals surface area contributed by atoms with Crippen molar-refractivity contribution in [1.29, 1.82) is 0 Å². The summed E-state index contributed by atoms with van der Waals surface area (Å²) in [6.45, 7) is 0. The Morgan fingerprint density at radius 3 is 2.82 bits per heavy atom. The zero-order valence-corrected chi connectivity index (χ0v) is 13.0. The highest BCUT2D eigenvalue weighted by Gasteiger charge is 2.25. The van der Waals surface area contributed by atoms with Gasteiger partial charge in [0.1, 0.15) is 5.75 Å². The van der Waals surface area contributed by atoms with Crippen molar-refractivity contribution in [2.45, 2.75) is 44.2 Å². The quantitative estimate of drug-likeness (QED) is 0.911. The van der Waals surface area contributed by atoms with Crippen LogP contribution in [0.5, 0.6) is 5.75 Å². The Kier molecular flexibility index (Phi) is 4.60. The summed E-state index contributed by atoms with van der Waals surface area (Å²) in [7, 11) is 1.64. The predicted molar refractivity (Wildman–Crippen MR) is 87.9 cm³/mol. The molecule has 1 aromatic carbocycles. The molecule has 1 saturated carbocycles. The molecule has 2 aromatic rings. The Bertz CT molecular complexity index is 636. The molecule has 1 atom stereocenters. The number of ether oxygens (including phenoxy) is 1. The number of nitrogens with two attached hydrogens (primary N) is 1. The number of hydrogen-bond donors (Lipinski definition) is 2. The monoisotopic (exact) mass is 300 g/mol. The summed E-state index contributed by atoms with van der Waals surface area (Å²) < 4.78 is 5.27. The SMILES string of the molecule is COc1cnc2cccc(CC(O)C3CCC(N)CC3)c2c1. The van der Waals surface area contributed by atoms with Crippen molar-refractivity contribution >= 4 is 10.9 Å². The topological polar surface area (TPSA) is 68.4 Å². The summed E-state index contributed by atoms with van der Waals surface area (Å²) >= 11 is 0. The molecule has 3 rings (SSSR count). The smallest absolute Gasteiger partial charge is 0.137 e. The zero-order valence-electron chi connectivity index (χ0n) is 13.0. The van der Waals surface area contributed by atoms with Gasteiger partial charge in [0, 0.05) is 11.4 Å². The van der Waals surface area contributed by atoms with E-state index in [9.17, 15) is 5.11 Å². The van der Waals surface area contributed by atoms with Crippen LogP contribution >= 0.6 is 0 Å². The Hall–Kier alpha value is -1.65. The van der Waals surface area contributed by atoms with Gasteiger partial charge in [-0.1, -0.05) is 12.1 Å². The summed E-state index contributed by atoms with van der Waals surface area (Å²) in [5, 5.41) is 11.7. The average Bonchev–Trinajstić information content (AvgIpc) is 2.55. The molecule has 4 heteroatoms. The summed E-state index contributed by atoms with van der Waals surface area (Å²) in [6, 6.07) is 8.38. The van der Waals surface area contributed by atoms with E-state index in [1.165, 1.54) is 0 Å². The van der Waals surface area contributed by atoms with E-state index in [-0.39, 0.29) is 6.10 Å². The number of aliphatic hydroxyl groups excluding tert-OH is 1. The molecular weight excluding hydrogens is 276 g/mol. The maximum Gasteiger partial charge on any atom is 0.137 e. The number of benzene rings is 1. The number of fused-ring (bicyclic) bond motifs is 1. The summed E-state index contributed by atoms with van der Waals surface area (Å²) in [5.41, 5.74) is 8.02. The van der Waals surface area contributed by atoms with Crippen molar-refractivity contribution in [2.24, 2.45) is 11.7 Å². The molecule has 118 valence electrons. The first kappa shape index (κ1) is 15.3. The first-order valence-electron chi connectivity index (χ1n) is 8.02. The highest BCUT2D eigenvalue weighted by Crippen LogP contribution is 2.29. The van der Waals surface area contributed by atoms with Gasteiger partial charge in [0.25, 0.3) is 0 Å². The van der Waals surface area contributed by atoms with E-state index in [4.69, 9.17) is 10.5 Å². The van der Waals surface area contributed by atoms with Crippen LogP contribution in [0.3, 0.4) is 0 Å². The summed E-state index contributed by atoms with van der Waals surface area (Å²) in [4.78, 5) is 4.42. The van der Waals surface area contributed by atoms with E-state index in [2.05, 4.69) is 11.1 Å². The van der Waals surface area contributed by atoms with Gasteiger partial charge in [-0.25, -0.2) is 0 Å². The number of pyridine rings is 1. The lowest BCUT2D eigenvalue weighted by atomic mass is 9.81. The lowest BCUT2D eigenvalue weighted by Gasteiger charge is -2.30. The van der Waals surface area contributed by atoms with Crippen LogP contribution in [0.2, 0.25) is 0 Å². The van der Waals surface area contributed by atoms with E-state index in [1.54, 1.807) is 13.3 Å². The van der Waals surface area contributed by atoms with Crippen LogP contribution in [0.4, 0.5) is 0 Å². The largest absolute Gasteiger partial charge is 0.495 e. The van der Waals surface area contributed by atoms with Crippen LogP contribution in [-0.4, -0.2) is 29.3 Å². The van der Waals surface area contributed by atoms with Crippen LogP contribution < -0.4 is 10.5 Å². The minimum atomic E-state index is -0.315. The first-order chi connectivity index (χ1) is 10.7. The van der Waals surface area contributed by atoms with Crippen molar-refractivity contribution in [3.63, 3.8) is 0 Å². The van der Waals surface area contributed by atoms with E-state index < -0.39 is 0 Å². The minimum Gasteiger partial charge on any atom is -0.495 e. The second-order valence-corrected chi connectivity index (χ2v) is 6.31. The fraction of sp³-hybridized carbons (Fsp3) is 0.500. The van der Waals surface area contributed by atoms with Gasteiger partial charge in [-0.2, -0.15) is 0 Å². The molecule has 0 saturated heterocycles. The molecule has 1 aliphatic rings. The maximum atomic E-state index is 10.6. The normalized spacial score (nSPS) is 23.4. The molecule has 0 spiro atoms. The standard InChI is InChI=1S/C18H24N2O2/c1-22-15-10-16-13(3-2-4-17(16)20-11-15)9-18(21)12-5-7-14(19)8-6-12/h2-4,10-12,14,18,21H,5-9,19H2,1H3. The van der Waals surface area contributed by atoms with Crippen LogP contribution in [0.1, 0.15) is 31.2 Å². The zero-order chi connectivity index (χ0) is 15.5. The molecule has 0 bridgehead atoms. The van der Waals surface area contributed by atoms with Crippen LogP contribution in [-0.2, 0) is 6.42 Å². The van der Waals surface area contributed by atoms with Crippen molar-refractivity contribution < 1.29 is 9.84 Å². The van der Waals surface area contributed by atoms with Gasteiger partial charge in [-0.15, -0.1) is 0 Å². The fourth-order valence-electron chi connectivity index (χ4n) is 3.40. The second kappa shape index (κ2) is 6.63. The highest BCUT2D eigenvalue weighted by molar-refractivity contribution is 5.83. The second-order valence-electron chi connectivity index (χ2n) is 6.31. The number of nitrogens with zero attached hydrogens (tertiary/aromatic N) is 1. The minimum absolute atomic E-state index is 0.314. The summed E-state index contributed by atoms with van der Waals surface area (Å²) in [5.74, 6) is 1.10. The van der Waals surface area contributed by atoms with Gasteiger partial charge < -0.3 is 15.6 Å². The predicted octanol–water partition coefficient (Wildman–Crippen LogP) is 2.66. The van der Waals surface area contributed by atoms with E-state index in [1.807, 2.05) is 18.2 Å². The lowest BCUT2D eigenvalue weighted by molar-refractivity contribution is 0.0820. The molecular formula is C18H24N2O2. The van der Waals surface area contributed by atoms with E-state index in [0.717, 1.165) is 47.9 Å². The van der Waals surface area contributed by atoms with Gasteiger partial charge in [-0.3, -0.25) is 4.98 Å². The Morgan fingerprint density at radius 1 is 1.32 bits per heavy atom. The van der Waals surface area contributed by atoms with E-state index >= 15 is 0 Å². The van der Waals surface area contributed by atoms with Crippen LogP contribution in [0.15, 0.2) is 30.5 Å². The third kappa shape index (κ3) is 3.23. The third-order valence-electron chi connectivity index (χ3n) is 4.82. The molecule has 1 aromatic heterocycles. The molecule has 1 fully saturated rings. The number of rotatable bonds is 4. The average molecular weight is 300 g/mol. The maximum absolute atomic E-state index is 10.6. The third-order valence-corrected chi connectivity index (χ3v) is 4.82. The van der Waals surface area contributed by atoms with Gasteiger partial charge >= 0.3 is 0 Å². The lowest BCUT2D eigenvalue weighted by Crippen LogP contribution is -2.32. The number of aliphatic hydroxyl groups is 1. The van der Waals surface area contributed by atoms with Crippen molar-refractivity contribution in [3.8, 4) is 5.75 Å². The number of aromatic nitrogens is 1. The Balaban J connectivity index is 1.80. The molecule has 1 unspecified atom stereocenters.